The molecule has 0 atom stereocenters. The van der Waals surface area contributed by atoms with Crippen molar-refractivity contribution in [1.82, 2.24) is 4.72 Å². The summed E-state index contributed by atoms with van der Waals surface area (Å²) < 4.78 is 27.4. The van der Waals surface area contributed by atoms with E-state index < -0.39 is 10.0 Å². The molecule has 0 heterocycles. The van der Waals surface area contributed by atoms with Crippen molar-refractivity contribution in [3.63, 3.8) is 0 Å². The number of hydrogen-bond donors (Lipinski definition) is 1. The van der Waals surface area contributed by atoms with Gasteiger partial charge in [-0.1, -0.05) is 33.8 Å². The molecule has 0 aliphatic rings. The van der Waals surface area contributed by atoms with Gasteiger partial charge in [0.15, 0.2) is 0 Å². The third kappa shape index (κ3) is 3.93. The lowest BCUT2D eigenvalue weighted by Gasteiger charge is -2.18. The smallest absolute Gasteiger partial charge is 0.207 e. The third-order valence-electron chi connectivity index (χ3n) is 3.25. The highest BCUT2D eigenvalue weighted by Crippen LogP contribution is 2.30. The highest BCUT2D eigenvalue weighted by Gasteiger charge is 2.23. The van der Waals surface area contributed by atoms with Crippen LogP contribution < -0.4 is 4.72 Å². The van der Waals surface area contributed by atoms with Gasteiger partial charge in [0.25, 0.3) is 0 Å². The third-order valence-corrected chi connectivity index (χ3v) is 4.73. The van der Waals surface area contributed by atoms with Crippen molar-refractivity contribution in [3.05, 3.63) is 41.5 Å². The molecule has 21 heavy (non-hydrogen) atoms. The van der Waals surface area contributed by atoms with Gasteiger partial charge in [-0.3, -0.25) is 0 Å². The molecule has 1 N–H and O–H groups in total. The van der Waals surface area contributed by atoms with Crippen molar-refractivity contribution in [2.75, 3.05) is 6.54 Å². The molecule has 1 aromatic rings. The topological polar surface area (TPSA) is 70.0 Å². The molecule has 1 aromatic carbocycles. The highest BCUT2D eigenvalue weighted by molar-refractivity contribution is 7.89. The van der Waals surface area contributed by atoms with Gasteiger partial charge in [0.2, 0.25) is 10.0 Å². The molecule has 0 fully saturated rings. The second kappa shape index (κ2) is 6.88. The van der Waals surface area contributed by atoms with Crippen LogP contribution in [0.5, 0.6) is 0 Å². The summed E-state index contributed by atoms with van der Waals surface area (Å²) >= 11 is 0. The first-order valence-corrected chi connectivity index (χ1v) is 8.41. The van der Waals surface area contributed by atoms with Crippen molar-refractivity contribution >= 4 is 10.0 Å². The van der Waals surface area contributed by atoms with Crippen molar-refractivity contribution in [2.24, 2.45) is 0 Å². The van der Waals surface area contributed by atoms with Crippen LogP contribution in [0.4, 0.5) is 0 Å². The summed E-state index contributed by atoms with van der Waals surface area (Å²) in [6, 6.07) is 5.49. The average molecular weight is 306 g/mol. The zero-order chi connectivity index (χ0) is 16.2. The van der Waals surface area contributed by atoms with Gasteiger partial charge in [0, 0.05) is 6.54 Å². The summed E-state index contributed by atoms with van der Waals surface area (Å²) in [6.45, 7) is 11.4. The molecule has 0 aromatic heterocycles. The first-order valence-electron chi connectivity index (χ1n) is 6.93. The van der Waals surface area contributed by atoms with Gasteiger partial charge in [-0.2, -0.15) is 5.26 Å². The van der Waals surface area contributed by atoms with Crippen LogP contribution in [0.2, 0.25) is 0 Å². The first-order chi connectivity index (χ1) is 9.74. The Morgan fingerprint density at radius 3 is 2.24 bits per heavy atom. The van der Waals surface area contributed by atoms with Crippen molar-refractivity contribution in [2.45, 2.75) is 44.4 Å². The minimum Gasteiger partial charge on any atom is -0.207 e. The van der Waals surface area contributed by atoms with E-state index in [0.717, 1.165) is 5.56 Å². The van der Waals surface area contributed by atoms with E-state index in [1.807, 2.05) is 27.7 Å². The molecule has 1 rings (SSSR count). The SMILES string of the molecule is C=CCNS(=O)(=O)c1cc(C(C)C)c(C#N)cc1C(C)C. The maximum atomic E-state index is 12.4. The Morgan fingerprint density at radius 1 is 1.24 bits per heavy atom. The van der Waals surface area contributed by atoms with E-state index in [4.69, 9.17) is 0 Å². The normalized spacial score (nSPS) is 11.7. The van der Waals surface area contributed by atoms with Crippen LogP contribution in [-0.2, 0) is 10.0 Å². The Bertz CT molecular complexity index is 668. The van der Waals surface area contributed by atoms with Gasteiger partial charge >= 0.3 is 0 Å². The van der Waals surface area contributed by atoms with Gasteiger partial charge in [0.05, 0.1) is 16.5 Å². The maximum Gasteiger partial charge on any atom is 0.241 e. The van der Waals surface area contributed by atoms with Gasteiger partial charge in [-0.25, -0.2) is 13.1 Å². The number of nitrogens with zero attached hydrogens (tertiary/aromatic N) is 1. The summed E-state index contributed by atoms with van der Waals surface area (Å²) in [4.78, 5) is 0.252. The lowest BCUT2D eigenvalue weighted by atomic mass is 9.92. The Labute approximate surface area is 127 Å². The minimum absolute atomic E-state index is 0.00798. The fraction of sp³-hybridized carbons (Fsp3) is 0.438. The molecule has 0 aliphatic carbocycles. The predicted molar refractivity (Wildman–Crippen MR) is 84.7 cm³/mol. The molecule has 0 aliphatic heterocycles. The van der Waals surface area contributed by atoms with Crippen LogP contribution in [0.3, 0.4) is 0 Å². The van der Waals surface area contributed by atoms with Crippen molar-refractivity contribution < 1.29 is 8.42 Å². The fourth-order valence-corrected chi connectivity index (χ4v) is 3.50. The van der Waals surface area contributed by atoms with E-state index in [1.54, 1.807) is 12.1 Å². The molecule has 0 saturated heterocycles. The van der Waals surface area contributed by atoms with E-state index >= 15 is 0 Å². The molecule has 0 spiro atoms. The lowest BCUT2D eigenvalue weighted by Crippen LogP contribution is -2.25. The quantitative estimate of drug-likeness (QED) is 0.820. The Morgan fingerprint density at radius 2 is 1.81 bits per heavy atom. The highest BCUT2D eigenvalue weighted by atomic mass is 32.2. The second-order valence-corrected chi connectivity index (χ2v) is 7.27. The van der Waals surface area contributed by atoms with E-state index in [-0.39, 0.29) is 23.3 Å². The maximum absolute atomic E-state index is 12.4. The Balaban J connectivity index is 3.59. The van der Waals surface area contributed by atoms with Crippen LogP contribution in [0.1, 0.15) is 56.2 Å². The fourth-order valence-electron chi connectivity index (χ4n) is 2.12. The number of sulfonamides is 1. The molecule has 0 bridgehead atoms. The lowest BCUT2D eigenvalue weighted by molar-refractivity contribution is 0.583. The number of nitriles is 1. The molecule has 5 heteroatoms. The monoisotopic (exact) mass is 306 g/mol. The van der Waals surface area contributed by atoms with E-state index in [9.17, 15) is 13.7 Å². The van der Waals surface area contributed by atoms with Crippen LogP contribution in [0.15, 0.2) is 29.7 Å². The van der Waals surface area contributed by atoms with Gasteiger partial charge < -0.3 is 0 Å². The van der Waals surface area contributed by atoms with E-state index in [0.29, 0.717) is 11.1 Å². The molecule has 114 valence electrons. The minimum atomic E-state index is -3.61. The molecule has 0 radical (unpaired) electrons. The summed E-state index contributed by atoms with van der Waals surface area (Å²) in [5.41, 5.74) is 1.95. The number of benzene rings is 1. The first kappa shape index (κ1) is 17.4. The van der Waals surface area contributed by atoms with E-state index in [1.165, 1.54) is 6.08 Å². The zero-order valence-corrected chi connectivity index (χ0v) is 13.8. The Hall–Kier alpha value is -1.64. The summed E-state index contributed by atoms with van der Waals surface area (Å²) in [5, 5.41) is 9.28. The van der Waals surface area contributed by atoms with Gasteiger partial charge in [-0.05, 0) is 35.1 Å². The molecular weight excluding hydrogens is 284 g/mol. The zero-order valence-electron chi connectivity index (χ0n) is 13.0. The number of rotatable bonds is 6. The number of hydrogen-bond acceptors (Lipinski definition) is 3. The van der Waals surface area contributed by atoms with Crippen molar-refractivity contribution in [3.8, 4) is 6.07 Å². The molecule has 4 nitrogen and oxygen atoms in total. The molecule has 0 amide bonds. The summed E-state index contributed by atoms with van der Waals surface area (Å²) in [6.07, 6.45) is 1.50. The van der Waals surface area contributed by atoms with Crippen molar-refractivity contribution in [1.29, 1.82) is 5.26 Å². The van der Waals surface area contributed by atoms with Crippen LogP contribution in [-0.4, -0.2) is 15.0 Å². The van der Waals surface area contributed by atoms with E-state index in [2.05, 4.69) is 17.4 Å². The van der Waals surface area contributed by atoms with Crippen LogP contribution in [0, 0.1) is 11.3 Å². The molecule has 0 saturated carbocycles. The van der Waals surface area contributed by atoms with Crippen LogP contribution >= 0.6 is 0 Å². The molecular formula is C16H22N2O2S. The Kier molecular flexibility index (Phi) is 5.70. The van der Waals surface area contributed by atoms with Gasteiger partial charge in [-0.15, -0.1) is 6.58 Å². The summed E-state index contributed by atoms with van der Waals surface area (Å²) in [7, 11) is -3.61. The largest absolute Gasteiger partial charge is 0.241 e. The number of nitrogens with one attached hydrogen (secondary N) is 1. The summed E-state index contributed by atoms with van der Waals surface area (Å²) in [5.74, 6) is 0.0860. The van der Waals surface area contributed by atoms with Crippen LogP contribution in [0.25, 0.3) is 0 Å². The predicted octanol–water partition coefficient (Wildman–Crippen LogP) is 3.27. The average Bonchev–Trinajstić information content (AvgIpc) is 2.43. The van der Waals surface area contributed by atoms with Gasteiger partial charge in [0.1, 0.15) is 0 Å². The molecule has 0 unspecified atom stereocenters. The second-order valence-electron chi connectivity index (χ2n) is 5.54. The standard InChI is InChI=1S/C16H22N2O2S/c1-6-7-18-21(19,20)16-9-14(11(2)3)13(10-17)8-15(16)12(4)5/h6,8-9,11-12,18H,1,7H2,2-5H3.